The van der Waals surface area contributed by atoms with Crippen LogP contribution in [-0.2, 0) is 5.75 Å². The summed E-state index contributed by atoms with van der Waals surface area (Å²) in [5.74, 6) is 0.810. The van der Waals surface area contributed by atoms with Crippen LogP contribution in [0.1, 0.15) is 11.1 Å². The zero-order valence-electron chi connectivity index (χ0n) is 10.4. The first kappa shape index (κ1) is 14.4. The molecule has 0 amide bonds. The van der Waals surface area contributed by atoms with Gasteiger partial charge >= 0.3 is 6.61 Å². The van der Waals surface area contributed by atoms with E-state index in [1.807, 2.05) is 18.2 Å². The van der Waals surface area contributed by atoms with Crippen LogP contribution in [0.2, 0.25) is 0 Å². The number of alkyl halides is 2. The number of hydrogen-bond acceptors (Lipinski definition) is 3. The van der Waals surface area contributed by atoms with Crippen molar-refractivity contribution in [1.82, 2.24) is 0 Å². The molecule has 102 valence electrons. The lowest BCUT2D eigenvalue weighted by atomic mass is 10.2. The Hall–Kier alpha value is -2.06. The Morgan fingerprint density at radius 1 is 1.15 bits per heavy atom. The van der Waals surface area contributed by atoms with Crippen molar-refractivity contribution in [2.75, 3.05) is 0 Å². The summed E-state index contributed by atoms with van der Waals surface area (Å²) in [5.41, 5.74) is 1.51. The van der Waals surface area contributed by atoms with E-state index in [2.05, 4.69) is 10.8 Å². The maximum Gasteiger partial charge on any atom is 0.387 e. The van der Waals surface area contributed by atoms with Gasteiger partial charge in [0.05, 0.1) is 11.6 Å². The molecule has 2 rings (SSSR count). The molecule has 5 heteroatoms. The lowest BCUT2D eigenvalue weighted by molar-refractivity contribution is -0.0498. The maximum atomic E-state index is 12.1. The molecule has 2 aromatic rings. The van der Waals surface area contributed by atoms with Crippen molar-refractivity contribution in [3.63, 3.8) is 0 Å². The molecule has 20 heavy (non-hydrogen) atoms. The van der Waals surface area contributed by atoms with Crippen molar-refractivity contribution in [1.29, 1.82) is 5.26 Å². The van der Waals surface area contributed by atoms with Crippen molar-refractivity contribution in [3.05, 3.63) is 59.7 Å². The molecular formula is C15H11F2NOS. The lowest BCUT2D eigenvalue weighted by Gasteiger charge is -2.07. The minimum atomic E-state index is -2.81. The fraction of sp³-hybridized carbons (Fsp3) is 0.133. The second-order valence-corrected chi connectivity index (χ2v) is 5.00. The number of halogens is 2. The monoisotopic (exact) mass is 291 g/mol. The van der Waals surface area contributed by atoms with Crippen LogP contribution in [0, 0.1) is 11.3 Å². The number of benzene rings is 2. The smallest absolute Gasteiger partial charge is 0.387 e. The third-order valence-electron chi connectivity index (χ3n) is 2.51. The third kappa shape index (κ3) is 4.25. The molecule has 0 aliphatic heterocycles. The minimum absolute atomic E-state index is 0.165. The summed E-state index contributed by atoms with van der Waals surface area (Å²) in [4.78, 5) is 1.02. The van der Waals surface area contributed by atoms with Gasteiger partial charge in [-0.2, -0.15) is 14.0 Å². The molecule has 2 aromatic carbocycles. The molecule has 0 heterocycles. The molecule has 0 aliphatic carbocycles. The molecule has 0 saturated carbocycles. The molecule has 0 atom stereocenters. The third-order valence-corrected chi connectivity index (χ3v) is 3.60. The van der Waals surface area contributed by atoms with Gasteiger partial charge in [0.1, 0.15) is 5.75 Å². The van der Waals surface area contributed by atoms with Crippen molar-refractivity contribution >= 4 is 11.8 Å². The molecule has 0 bridgehead atoms. The van der Waals surface area contributed by atoms with Gasteiger partial charge in [-0.15, -0.1) is 11.8 Å². The Bertz CT molecular complexity index is 608. The number of hydrogen-bond donors (Lipinski definition) is 0. The topological polar surface area (TPSA) is 33.0 Å². The van der Waals surface area contributed by atoms with Gasteiger partial charge in [-0.3, -0.25) is 0 Å². The highest BCUT2D eigenvalue weighted by Gasteiger charge is 2.05. The van der Waals surface area contributed by atoms with Gasteiger partial charge in [0.15, 0.2) is 0 Å². The SMILES string of the molecule is N#Cc1ccc(SCc2cccc(OC(F)F)c2)cc1. The highest BCUT2D eigenvalue weighted by atomic mass is 32.2. The van der Waals surface area contributed by atoms with Gasteiger partial charge in [0, 0.05) is 10.6 Å². The predicted octanol–water partition coefficient (Wildman–Crippen LogP) is 4.45. The van der Waals surface area contributed by atoms with Gasteiger partial charge < -0.3 is 4.74 Å². The Kier molecular flexibility index (Phi) is 4.97. The predicted molar refractivity (Wildman–Crippen MR) is 73.8 cm³/mol. The summed E-state index contributed by atoms with van der Waals surface area (Å²) < 4.78 is 28.6. The maximum absolute atomic E-state index is 12.1. The second-order valence-electron chi connectivity index (χ2n) is 3.95. The number of rotatable bonds is 5. The minimum Gasteiger partial charge on any atom is -0.435 e. The zero-order valence-corrected chi connectivity index (χ0v) is 11.2. The summed E-state index contributed by atoms with van der Waals surface area (Å²) >= 11 is 1.57. The number of ether oxygens (including phenoxy) is 1. The fourth-order valence-corrected chi connectivity index (χ4v) is 2.45. The van der Waals surface area contributed by atoms with Gasteiger partial charge in [-0.1, -0.05) is 12.1 Å². The summed E-state index contributed by atoms with van der Waals surface area (Å²) in [6.45, 7) is -2.81. The van der Waals surface area contributed by atoms with E-state index in [4.69, 9.17) is 5.26 Å². The summed E-state index contributed by atoms with van der Waals surface area (Å²) in [5, 5.41) is 8.71. The van der Waals surface area contributed by atoms with Crippen LogP contribution >= 0.6 is 11.8 Å². The van der Waals surface area contributed by atoms with E-state index in [1.54, 1.807) is 36.0 Å². The van der Waals surface area contributed by atoms with Gasteiger partial charge in [0.2, 0.25) is 0 Å². The first-order valence-corrected chi connectivity index (χ1v) is 6.82. The summed E-state index contributed by atoms with van der Waals surface area (Å²) in [6, 6.07) is 15.9. The van der Waals surface area contributed by atoms with Crippen LogP contribution in [0.3, 0.4) is 0 Å². The highest BCUT2D eigenvalue weighted by molar-refractivity contribution is 7.98. The van der Waals surface area contributed by atoms with E-state index < -0.39 is 6.61 Å². The molecule has 0 fully saturated rings. The molecule has 2 nitrogen and oxygen atoms in total. The second kappa shape index (κ2) is 6.92. The van der Waals surface area contributed by atoms with Crippen molar-refractivity contribution in [2.24, 2.45) is 0 Å². The van der Waals surface area contributed by atoms with Crippen LogP contribution in [0.4, 0.5) is 8.78 Å². The van der Waals surface area contributed by atoms with Crippen molar-refractivity contribution in [2.45, 2.75) is 17.3 Å². The van der Waals surface area contributed by atoms with E-state index >= 15 is 0 Å². The summed E-state index contributed by atoms with van der Waals surface area (Å²) in [7, 11) is 0. The van der Waals surface area contributed by atoms with Crippen molar-refractivity contribution in [3.8, 4) is 11.8 Å². The van der Waals surface area contributed by atoms with Crippen LogP contribution < -0.4 is 4.74 Å². The van der Waals surface area contributed by atoms with Gasteiger partial charge in [-0.25, -0.2) is 0 Å². The molecule has 0 aromatic heterocycles. The Balaban J connectivity index is 1.97. The Morgan fingerprint density at radius 3 is 2.55 bits per heavy atom. The van der Waals surface area contributed by atoms with E-state index in [9.17, 15) is 8.78 Å². The van der Waals surface area contributed by atoms with Crippen LogP contribution in [0.5, 0.6) is 5.75 Å². The van der Waals surface area contributed by atoms with Crippen molar-refractivity contribution < 1.29 is 13.5 Å². The normalized spacial score (nSPS) is 10.3. The summed E-state index contributed by atoms with van der Waals surface area (Å²) in [6.07, 6.45) is 0. The zero-order chi connectivity index (χ0) is 14.4. The van der Waals surface area contributed by atoms with Crippen LogP contribution in [0.15, 0.2) is 53.4 Å². The van der Waals surface area contributed by atoms with E-state index in [0.717, 1.165) is 10.5 Å². The lowest BCUT2D eigenvalue weighted by Crippen LogP contribution is -2.01. The van der Waals surface area contributed by atoms with Crippen LogP contribution in [0.25, 0.3) is 0 Å². The van der Waals surface area contributed by atoms with Gasteiger partial charge in [-0.05, 0) is 42.0 Å². The fourth-order valence-electron chi connectivity index (χ4n) is 1.60. The first-order valence-electron chi connectivity index (χ1n) is 5.84. The molecule has 0 N–H and O–H groups in total. The number of thioether (sulfide) groups is 1. The molecule has 0 unspecified atom stereocenters. The number of nitrogens with zero attached hydrogens (tertiary/aromatic N) is 1. The standard InChI is InChI=1S/C15H11F2NOS/c16-15(17)19-13-3-1-2-12(8-13)10-20-14-6-4-11(9-18)5-7-14/h1-8,15H,10H2. The van der Waals surface area contributed by atoms with E-state index in [0.29, 0.717) is 11.3 Å². The largest absolute Gasteiger partial charge is 0.435 e. The Labute approximate surface area is 120 Å². The molecule has 0 aliphatic rings. The quantitative estimate of drug-likeness (QED) is 0.763. The first-order chi connectivity index (χ1) is 9.67. The average Bonchev–Trinajstić information content (AvgIpc) is 2.45. The van der Waals surface area contributed by atoms with E-state index in [1.165, 1.54) is 6.07 Å². The molecule has 0 saturated heterocycles. The molecular weight excluding hydrogens is 280 g/mol. The van der Waals surface area contributed by atoms with E-state index in [-0.39, 0.29) is 5.75 Å². The molecule has 0 radical (unpaired) electrons. The van der Waals surface area contributed by atoms with Gasteiger partial charge in [0.25, 0.3) is 0 Å². The average molecular weight is 291 g/mol. The molecule has 0 spiro atoms. The van der Waals surface area contributed by atoms with Crippen LogP contribution in [-0.4, -0.2) is 6.61 Å². The Morgan fingerprint density at radius 2 is 1.90 bits per heavy atom. The number of nitriles is 1. The highest BCUT2D eigenvalue weighted by Crippen LogP contribution is 2.25.